The van der Waals surface area contributed by atoms with Crippen molar-refractivity contribution in [2.24, 2.45) is 10.9 Å². The lowest BCUT2D eigenvalue weighted by Gasteiger charge is -2.18. The Morgan fingerprint density at radius 3 is 3.00 bits per heavy atom. The van der Waals surface area contributed by atoms with Crippen LogP contribution in [-0.4, -0.2) is 19.0 Å². The second kappa shape index (κ2) is 5.18. The lowest BCUT2D eigenvalue weighted by Crippen LogP contribution is -2.20. The Labute approximate surface area is 75.0 Å². The maximum Gasteiger partial charge on any atom is 0.186 e. The van der Waals surface area contributed by atoms with Gasteiger partial charge in [0, 0.05) is 18.9 Å². The van der Waals surface area contributed by atoms with Gasteiger partial charge in [-0.2, -0.15) is 0 Å². The molecule has 12 heavy (non-hydrogen) atoms. The van der Waals surface area contributed by atoms with Crippen LogP contribution in [0.3, 0.4) is 0 Å². The molecule has 1 heterocycles. The van der Waals surface area contributed by atoms with E-state index in [9.17, 15) is 0 Å². The predicted molar refractivity (Wildman–Crippen MR) is 51.6 cm³/mol. The molecule has 0 N–H and O–H groups in total. The molecule has 0 radical (unpaired) electrons. The van der Waals surface area contributed by atoms with Crippen LogP contribution in [0.15, 0.2) is 4.99 Å². The molecule has 0 amide bonds. The van der Waals surface area contributed by atoms with Gasteiger partial charge in [0.2, 0.25) is 0 Å². The fourth-order valence-electron chi connectivity index (χ4n) is 1.41. The van der Waals surface area contributed by atoms with Gasteiger partial charge in [-0.25, -0.2) is 0 Å². The van der Waals surface area contributed by atoms with Gasteiger partial charge in [-0.3, -0.25) is 4.99 Å². The molecule has 0 spiro atoms. The lowest BCUT2D eigenvalue weighted by atomic mass is 10.0. The highest BCUT2D eigenvalue weighted by atomic mass is 16.5. The molecule has 0 aromatic rings. The molecule has 1 aliphatic heterocycles. The van der Waals surface area contributed by atoms with E-state index in [1.165, 1.54) is 19.3 Å². The maximum absolute atomic E-state index is 5.49. The smallest absolute Gasteiger partial charge is 0.186 e. The fourth-order valence-corrected chi connectivity index (χ4v) is 1.41. The van der Waals surface area contributed by atoms with Crippen molar-refractivity contribution in [3.8, 4) is 0 Å². The molecule has 70 valence electrons. The van der Waals surface area contributed by atoms with Gasteiger partial charge in [0.05, 0.1) is 6.61 Å². The molecule has 2 heteroatoms. The average molecular weight is 169 g/mol. The molecule has 0 bridgehead atoms. The Kier molecular flexibility index (Phi) is 4.12. The van der Waals surface area contributed by atoms with Crippen molar-refractivity contribution in [3.63, 3.8) is 0 Å². The van der Waals surface area contributed by atoms with E-state index in [0.29, 0.717) is 5.92 Å². The average Bonchev–Trinajstić information content (AvgIpc) is 2.15. The van der Waals surface area contributed by atoms with Crippen LogP contribution in [0.5, 0.6) is 0 Å². The number of unbranched alkanes of at least 4 members (excludes halogenated alkanes) is 1. The van der Waals surface area contributed by atoms with Crippen LogP contribution in [0.1, 0.15) is 39.5 Å². The molecule has 1 rings (SSSR count). The second-order valence-corrected chi connectivity index (χ2v) is 3.47. The van der Waals surface area contributed by atoms with Gasteiger partial charge in [0.25, 0.3) is 0 Å². The molecule has 0 aromatic heterocycles. The Balaban J connectivity index is 2.29. The maximum atomic E-state index is 5.49. The summed E-state index contributed by atoms with van der Waals surface area (Å²) in [5.74, 6) is 1.53. The fraction of sp³-hybridized carbons (Fsp3) is 0.900. The summed E-state index contributed by atoms with van der Waals surface area (Å²) >= 11 is 0. The van der Waals surface area contributed by atoms with E-state index in [1.54, 1.807) is 0 Å². The van der Waals surface area contributed by atoms with Crippen molar-refractivity contribution >= 4 is 5.90 Å². The van der Waals surface area contributed by atoms with E-state index in [-0.39, 0.29) is 0 Å². The van der Waals surface area contributed by atoms with Crippen molar-refractivity contribution in [1.82, 2.24) is 0 Å². The lowest BCUT2D eigenvalue weighted by molar-refractivity contribution is 0.258. The van der Waals surface area contributed by atoms with Crippen molar-refractivity contribution in [3.05, 3.63) is 0 Å². The molecular formula is C10H19NO. The van der Waals surface area contributed by atoms with Crippen molar-refractivity contribution in [2.45, 2.75) is 39.5 Å². The van der Waals surface area contributed by atoms with Crippen LogP contribution in [-0.2, 0) is 4.74 Å². The van der Waals surface area contributed by atoms with Crippen LogP contribution >= 0.6 is 0 Å². The summed E-state index contributed by atoms with van der Waals surface area (Å²) in [6, 6.07) is 0. The zero-order chi connectivity index (χ0) is 8.81. The van der Waals surface area contributed by atoms with Gasteiger partial charge >= 0.3 is 0 Å². The van der Waals surface area contributed by atoms with E-state index in [0.717, 1.165) is 25.5 Å². The minimum absolute atomic E-state index is 0.533. The highest BCUT2D eigenvalue weighted by molar-refractivity contribution is 5.78. The number of rotatable bonds is 4. The molecule has 0 saturated heterocycles. The number of nitrogens with zero attached hydrogens (tertiary/aromatic N) is 1. The number of aliphatic imine (C=N–C) groups is 1. The number of hydrogen-bond donors (Lipinski definition) is 0. The van der Waals surface area contributed by atoms with E-state index >= 15 is 0 Å². The van der Waals surface area contributed by atoms with E-state index < -0.39 is 0 Å². The highest BCUT2D eigenvalue weighted by Crippen LogP contribution is 2.13. The Morgan fingerprint density at radius 2 is 2.42 bits per heavy atom. The SMILES string of the molecule is CCCCC(C)C1=NCCCO1. The normalized spacial score (nSPS) is 19.7. The zero-order valence-corrected chi connectivity index (χ0v) is 8.18. The summed E-state index contributed by atoms with van der Waals surface area (Å²) in [6.45, 7) is 6.26. The largest absolute Gasteiger partial charge is 0.481 e. The van der Waals surface area contributed by atoms with Crippen LogP contribution < -0.4 is 0 Å². The van der Waals surface area contributed by atoms with E-state index in [4.69, 9.17) is 4.74 Å². The van der Waals surface area contributed by atoms with Gasteiger partial charge in [-0.05, 0) is 6.42 Å². The minimum Gasteiger partial charge on any atom is -0.481 e. The van der Waals surface area contributed by atoms with Gasteiger partial charge in [0.15, 0.2) is 5.90 Å². The first-order chi connectivity index (χ1) is 5.84. The topological polar surface area (TPSA) is 21.6 Å². The first-order valence-corrected chi connectivity index (χ1v) is 5.01. The molecule has 2 nitrogen and oxygen atoms in total. The van der Waals surface area contributed by atoms with Gasteiger partial charge < -0.3 is 4.74 Å². The van der Waals surface area contributed by atoms with Crippen molar-refractivity contribution in [1.29, 1.82) is 0 Å². The quantitative estimate of drug-likeness (QED) is 0.634. The summed E-state index contributed by atoms with van der Waals surface area (Å²) in [5.41, 5.74) is 0. The number of ether oxygens (including phenoxy) is 1. The van der Waals surface area contributed by atoms with Gasteiger partial charge in [-0.15, -0.1) is 0 Å². The highest BCUT2D eigenvalue weighted by Gasteiger charge is 2.13. The summed E-state index contributed by atoms with van der Waals surface area (Å²) in [6.07, 6.45) is 4.85. The predicted octanol–water partition coefficient (Wildman–Crippen LogP) is 2.63. The van der Waals surface area contributed by atoms with Crippen LogP contribution in [0, 0.1) is 5.92 Å². The molecule has 1 unspecified atom stereocenters. The number of hydrogen-bond acceptors (Lipinski definition) is 2. The molecule has 0 aliphatic carbocycles. The summed E-state index contributed by atoms with van der Waals surface area (Å²) < 4.78 is 5.49. The molecule has 0 saturated carbocycles. The molecule has 1 atom stereocenters. The monoisotopic (exact) mass is 169 g/mol. The second-order valence-electron chi connectivity index (χ2n) is 3.47. The molecule has 0 fully saturated rings. The molecular weight excluding hydrogens is 150 g/mol. The van der Waals surface area contributed by atoms with Crippen molar-refractivity contribution < 1.29 is 4.74 Å². The summed E-state index contributed by atoms with van der Waals surface area (Å²) in [7, 11) is 0. The Bertz CT molecular complexity index is 154. The Morgan fingerprint density at radius 1 is 1.58 bits per heavy atom. The van der Waals surface area contributed by atoms with Crippen LogP contribution in [0.4, 0.5) is 0 Å². The molecule has 0 aromatic carbocycles. The third-order valence-electron chi connectivity index (χ3n) is 2.23. The van der Waals surface area contributed by atoms with Crippen LogP contribution in [0.25, 0.3) is 0 Å². The van der Waals surface area contributed by atoms with E-state index in [2.05, 4.69) is 18.8 Å². The zero-order valence-electron chi connectivity index (χ0n) is 8.18. The first kappa shape index (κ1) is 9.56. The standard InChI is InChI=1S/C10H19NO/c1-3-4-6-9(2)10-11-7-5-8-12-10/h9H,3-8H2,1-2H3. The van der Waals surface area contributed by atoms with E-state index in [1.807, 2.05) is 0 Å². The van der Waals surface area contributed by atoms with Gasteiger partial charge in [0.1, 0.15) is 0 Å². The van der Waals surface area contributed by atoms with Crippen molar-refractivity contribution in [2.75, 3.05) is 13.2 Å². The summed E-state index contributed by atoms with van der Waals surface area (Å²) in [5, 5.41) is 0. The first-order valence-electron chi connectivity index (χ1n) is 5.01. The molecule has 1 aliphatic rings. The van der Waals surface area contributed by atoms with Gasteiger partial charge in [-0.1, -0.05) is 26.7 Å². The Hall–Kier alpha value is -0.530. The third kappa shape index (κ3) is 2.84. The summed E-state index contributed by atoms with van der Waals surface area (Å²) in [4.78, 5) is 4.38. The third-order valence-corrected chi connectivity index (χ3v) is 2.23. The minimum atomic E-state index is 0.533. The van der Waals surface area contributed by atoms with Crippen LogP contribution in [0.2, 0.25) is 0 Å².